The molecule has 0 spiro atoms. The van der Waals surface area contributed by atoms with Gasteiger partial charge in [-0.2, -0.15) is 0 Å². The molecule has 0 fully saturated rings. The van der Waals surface area contributed by atoms with E-state index in [2.05, 4.69) is 73.0 Å². The standard InChI is InChI=1S/C4H9N.3C2H6N.Nb/c1-4(2,3)5;3*1-3-2;/h1-3H3;3*1-2H3;/q;3*-1;+3. The van der Waals surface area contributed by atoms with E-state index in [1.165, 1.54) is 0 Å². The summed E-state index contributed by atoms with van der Waals surface area (Å²) in [6.45, 7) is 6.52. The first kappa shape index (κ1) is 15.4. The van der Waals surface area contributed by atoms with Crippen LogP contribution >= 0.6 is 0 Å². The zero-order valence-corrected chi connectivity index (χ0v) is 13.9. The Kier molecular flexibility index (Phi) is 5.31. The topological polar surface area (TPSA) is 22.1 Å². The molecule has 0 heterocycles. The fourth-order valence-corrected chi connectivity index (χ4v) is 10.3. The van der Waals surface area contributed by atoms with Crippen LogP contribution in [0, 0.1) is 0 Å². The Labute approximate surface area is 99.6 Å². The Bertz CT molecular complexity index is 222. The predicted molar refractivity (Wildman–Crippen MR) is 63.2 cm³/mol. The van der Waals surface area contributed by atoms with Gasteiger partial charge in [0.25, 0.3) is 0 Å². The zero-order chi connectivity index (χ0) is 12.4. The van der Waals surface area contributed by atoms with E-state index >= 15 is 0 Å². The molecule has 0 atom stereocenters. The Morgan fingerprint density at radius 3 is 1.07 bits per heavy atom. The summed E-state index contributed by atoms with van der Waals surface area (Å²) in [4.78, 5) is 0. The Hall–Kier alpha value is 0.420. The van der Waals surface area contributed by atoms with E-state index in [4.69, 9.17) is 3.34 Å². The average molecular weight is 296 g/mol. The van der Waals surface area contributed by atoms with E-state index in [0.29, 0.717) is 0 Å². The second kappa shape index (κ2) is 5.17. The summed E-state index contributed by atoms with van der Waals surface area (Å²) in [7, 11) is 12.8. The van der Waals surface area contributed by atoms with E-state index in [1.807, 2.05) is 0 Å². The van der Waals surface area contributed by atoms with E-state index < -0.39 is 17.7 Å². The van der Waals surface area contributed by atoms with Crippen molar-refractivity contribution in [3.8, 4) is 0 Å². The SMILES string of the molecule is C[N](C)[Nb](=[N]C(C)(C)C)([N](C)C)[N](C)C. The van der Waals surface area contributed by atoms with Crippen molar-refractivity contribution >= 4 is 0 Å². The molecule has 5 heteroatoms. The van der Waals surface area contributed by atoms with Gasteiger partial charge < -0.3 is 0 Å². The molecule has 0 aromatic carbocycles. The molecule has 4 nitrogen and oxygen atoms in total. The van der Waals surface area contributed by atoms with Crippen molar-refractivity contribution < 1.29 is 17.7 Å². The third kappa shape index (κ3) is 3.73. The van der Waals surface area contributed by atoms with Gasteiger partial charge in [-0.25, -0.2) is 0 Å². The van der Waals surface area contributed by atoms with Gasteiger partial charge in [0.1, 0.15) is 0 Å². The summed E-state index contributed by atoms with van der Waals surface area (Å²) >= 11 is -2.76. The Balaban J connectivity index is 5.65. The zero-order valence-electron chi connectivity index (χ0n) is 11.7. The van der Waals surface area contributed by atoms with Crippen LogP contribution in [-0.4, -0.2) is 57.7 Å². The van der Waals surface area contributed by atoms with Gasteiger partial charge in [0.05, 0.1) is 0 Å². The monoisotopic (exact) mass is 296 g/mol. The van der Waals surface area contributed by atoms with Crippen LogP contribution in [0.1, 0.15) is 20.8 Å². The molecule has 0 aliphatic rings. The number of hydrogen-bond acceptors (Lipinski definition) is 1. The molecule has 15 heavy (non-hydrogen) atoms. The first-order valence-electron chi connectivity index (χ1n) is 5.21. The first-order valence-corrected chi connectivity index (χ1v) is 9.14. The average Bonchev–Trinajstić information content (AvgIpc) is 1.96. The van der Waals surface area contributed by atoms with Crippen molar-refractivity contribution in [2.24, 2.45) is 3.34 Å². The van der Waals surface area contributed by atoms with Crippen LogP contribution in [0.5, 0.6) is 0 Å². The minimum absolute atomic E-state index is 0.0183. The molecule has 0 aliphatic carbocycles. The van der Waals surface area contributed by atoms with E-state index in [0.717, 1.165) is 0 Å². The van der Waals surface area contributed by atoms with Crippen LogP contribution in [0.2, 0.25) is 0 Å². The van der Waals surface area contributed by atoms with Gasteiger partial charge in [0.15, 0.2) is 0 Å². The van der Waals surface area contributed by atoms with Gasteiger partial charge in [0.2, 0.25) is 0 Å². The molecule has 0 aliphatic heterocycles. The fourth-order valence-electron chi connectivity index (χ4n) is 1.74. The number of hydrogen-bond donors (Lipinski definition) is 0. The summed E-state index contributed by atoms with van der Waals surface area (Å²) < 4.78 is 12.1. The van der Waals surface area contributed by atoms with Crippen LogP contribution in [0.4, 0.5) is 0 Å². The van der Waals surface area contributed by atoms with Gasteiger partial charge >= 0.3 is 99.6 Å². The van der Waals surface area contributed by atoms with Gasteiger partial charge in [0, 0.05) is 0 Å². The third-order valence-corrected chi connectivity index (χ3v) is 12.1. The van der Waals surface area contributed by atoms with Crippen molar-refractivity contribution in [2.45, 2.75) is 26.3 Å². The van der Waals surface area contributed by atoms with Crippen LogP contribution in [0.3, 0.4) is 0 Å². The number of rotatable bonds is 3. The molecule has 0 saturated heterocycles. The summed E-state index contributed by atoms with van der Waals surface area (Å²) in [6, 6.07) is 0. The molecule has 0 bridgehead atoms. The Morgan fingerprint density at radius 2 is 1.00 bits per heavy atom. The quantitative estimate of drug-likeness (QED) is 0.738. The van der Waals surface area contributed by atoms with Crippen molar-refractivity contribution in [3.63, 3.8) is 0 Å². The molecule has 0 aromatic heterocycles. The van der Waals surface area contributed by atoms with Crippen molar-refractivity contribution in [1.82, 2.24) is 9.91 Å². The van der Waals surface area contributed by atoms with E-state index in [9.17, 15) is 0 Å². The Morgan fingerprint density at radius 1 is 0.733 bits per heavy atom. The normalized spacial score (nSPS) is 14.1. The second-order valence-corrected chi connectivity index (χ2v) is 14.4. The van der Waals surface area contributed by atoms with Crippen LogP contribution in [0.15, 0.2) is 3.34 Å². The summed E-state index contributed by atoms with van der Waals surface area (Å²) in [5.74, 6) is 0. The molecular formula is C10H27N4Nb. The van der Waals surface area contributed by atoms with Crippen LogP contribution in [-0.2, 0) is 17.7 Å². The fraction of sp³-hybridized carbons (Fsp3) is 1.00. The molecule has 0 amide bonds. The maximum absolute atomic E-state index is 5.12. The third-order valence-electron chi connectivity index (χ3n) is 2.04. The van der Waals surface area contributed by atoms with Gasteiger partial charge in [-0.15, -0.1) is 0 Å². The van der Waals surface area contributed by atoms with E-state index in [1.54, 1.807) is 0 Å². The molecule has 0 unspecified atom stereocenters. The van der Waals surface area contributed by atoms with Gasteiger partial charge in [-0.1, -0.05) is 0 Å². The minimum atomic E-state index is -2.76. The molecule has 0 saturated carbocycles. The van der Waals surface area contributed by atoms with Crippen molar-refractivity contribution in [2.75, 3.05) is 42.3 Å². The molecule has 92 valence electrons. The molecular weight excluding hydrogens is 269 g/mol. The molecule has 0 radical (unpaired) electrons. The molecule has 0 N–H and O–H groups in total. The summed E-state index contributed by atoms with van der Waals surface area (Å²) in [6.07, 6.45) is 0. The van der Waals surface area contributed by atoms with Gasteiger partial charge in [-0.05, 0) is 0 Å². The van der Waals surface area contributed by atoms with Crippen molar-refractivity contribution in [3.05, 3.63) is 0 Å². The predicted octanol–water partition coefficient (Wildman–Crippen LogP) is 1.55. The molecule has 0 rings (SSSR count). The van der Waals surface area contributed by atoms with Gasteiger partial charge in [-0.3, -0.25) is 0 Å². The second-order valence-electron chi connectivity index (χ2n) is 5.35. The van der Waals surface area contributed by atoms with Crippen LogP contribution in [0.25, 0.3) is 0 Å². The van der Waals surface area contributed by atoms with E-state index in [-0.39, 0.29) is 5.54 Å². The maximum atomic E-state index is 5.12. The summed E-state index contributed by atoms with van der Waals surface area (Å²) in [5.41, 5.74) is 0.0183. The summed E-state index contributed by atoms with van der Waals surface area (Å²) in [5, 5.41) is 0. The first-order chi connectivity index (χ1) is 6.54. The van der Waals surface area contributed by atoms with Crippen molar-refractivity contribution in [1.29, 1.82) is 0 Å². The molecule has 0 aromatic rings. The number of nitrogens with zero attached hydrogens (tertiary/aromatic N) is 4. The van der Waals surface area contributed by atoms with Crippen LogP contribution < -0.4 is 0 Å².